The number of oxime groups is 1. The normalized spacial score (nSPS) is 15.4. The molecule has 1 aliphatic rings. The second kappa shape index (κ2) is 12.9. The van der Waals surface area contributed by atoms with Crippen LogP contribution in [0.5, 0.6) is 0 Å². The minimum Gasteiger partial charge on any atom is -0.380 e. The molecule has 1 aliphatic heterocycles. The maximum atomic E-state index is 13.8. The van der Waals surface area contributed by atoms with Gasteiger partial charge < -0.3 is 15.5 Å². The quantitative estimate of drug-likeness (QED) is 0.178. The van der Waals surface area contributed by atoms with Gasteiger partial charge in [0.15, 0.2) is 5.84 Å². The maximum Gasteiger partial charge on any atom is 0.332 e. The third kappa shape index (κ3) is 7.55. The first-order valence-corrected chi connectivity index (χ1v) is 14.6. The third-order valence-electron chi connectivity index (χ3n) is 6.94. The topological polar surface area (TPSA) is 131 Å². The summed E-state index contributed by atoms with van der Waals surface area (Å²) in [5.74, 6) is -0.548. The Hall–Kier alpha value is -4.02. The number of likely N-dealkylation sites (tertiary alicyclic amines) is 1. The van der Waals surface area contributed by atoms with Crippen molar-refractivity contribution in [2.45, 2.75) is 50.0 Å². The highest BCUT2D eigenvalue weighted by Crippen LogP contribution is 2.28. The number of sulfonamides is 1. The fourth-order valence-electron chi connectivity index (χ4n) is 4.79. The van der Waals surface area contributed by atoms with E-state index in [1.165, 1.54) is 24.6 Å². The Morgan fingerprint density at radius 1 is 1.02 bits per heavy atom. The van der Waals surface area contributed by atoms with Gasteiger partial charge in [0.25, 0.3) is 0 Å². The number of aryl methyl sites for hydroxylation is 1. The average Bonchev–Trinajstić information content (AvgIpc) is 2.96. The van der Waals surface area contributed by atoms with Gasteiger partial charge in [-0.3, -0.25) is 4.79 Å². The number of amidine groups is 1. The number of rotatable bonds is 9. The predicted octanol–water partition coefficient (Wildman–Crippen LogP) is 3.47. The third-order valence-corrected chi connectivity index (χ3v) is 8.43. The van der Waals surface area contributed by atoms with Crippen molar-refractivity contribution in [2.24, 2.45) is 10.9 Å². The summed E-state index contributed by atoms with van der Waals surface area (Å²) in [6.45, 7) is 4.15. The molecule has 3 aromatic carbocycles. The monoisotopic (exact) mass is 562 g/mol. The first-order valence-electron chi connectivity index (χ1n) is 13.2. The Kier molecular flexibility index (Phi) is 9.34. The second-order valence-corrected chi connectivity index (χ2v) is 11.7. The zero-order valence-corrected chi connectivity index (χ0v) is 23.4. The van der Waals surface area contributed by atoms with Crippen LogP contribution in [0.15, 0.2) is 88.9 Å². The minimum atomic E-state index is -3.98. The van der Waals surface area contributed by atoms with Crippen molar-refractivity contribution in [2.75, 3.05) is 13.1 Å². The number of amides is 1. The lowest BCUT2D eigenvalue weighted by molar-refractivity contribution is -0.141. The minimum absolute atomic E-state index is 0.0110. The van der Waals surface area contributed by atoms with Gasteiger partial charge in [0.1, 0.15) is 6.04 Å². The molecule has 1 amide bonds. The Labute approximate surface area is 235 Å². The van der Waals surface area contributed by atoms with Gasteiger partial charge in [0, 0.05) is 25.6 Å². The van der Waals surface area contributed by atoms with Crippen molar-refractivity contribution >= 4 is 27.7 Å². The van der Waals surface area contributed by atoms with E-state index in [1.807, 2.05) is 25.1 Å². The van der Waals surface area contributed by atoms with E-state index in [0.29, 0.717) is 30.1 Å². The molecule has 1 fully saturated rings. The first-order chi connectivity index (χ1) is 19.1. The largest absolute Gasteiger partial charge is 0.380 e. The van der Waals surface area contributed by atoms with E-state index in [0.717, 1.165) is 18.4 Å². The van der Waals surface area contributed by atoms with Gasteiger partial charge in [-0.1, -0.05) is 71.4 Å². The number of hydrogen-bond donors (Lipinski definition) is 2. The first kappa shape index (κ1) is 29.0. The molecule has 10 heteroatoms. The molecule has 0 radical (unpaired) electrons. The molecule has 210 valence electrons. The molecule has 0 bridgehead atoms. The molecule has 1 heterocycles. The van der Waals surface area contributed by atoms with Crippen LogP contribution in [0.1, 0.15) is 47.9 Å². The van der Waals surface area contributed by atoms with Crippen LogP contribution >= 0.6 is 0 Å². The van der Waals surface area contributed by atoms with E-state index < -0.39 is 22.0 Å². The molecule has 0 aliphatic carbocycles. The van der Waals surface area contributed by atoms with Crippen LogP contribution in [0.3, 0.4) is 0 Å². The molecule has 3 N–H and O–H groups in total. The standard InChI is InChI=1S/C30H34N4O5S/c1-21-11-13-27(14-12-21)40(37,38)33-28(20-23-7-6-10-26(19-23)29(31)32-39-22(2)35)30(36)34-17-15-25(16-18-34)24-8-4-3-5-9-24/h3-14,19,25,28,33H,15-18,20H2,1-2H3,(H2,31,32)/t28-/m0/s1. The number of carbonyl (C=O) groups excluding carboxylic acids is 2. The van der Waals surface area contributed by atoms with Crippen LogP contribution in [0.4, 0.5) is 0 Å². The molecule has 1 atom stereocenters. The summed E-state index contributed by atoms with van der Waals surface area (Å²) in [5.41, 5.74) is 9.28. The molecule has 40 heavy (non-hydrogen) atoms. The molecule has 9 nitrogen and oxygen atoms in total. The number of nitrogens with two attached hydrogens (primary N) is 1. The van der Waals surface area contributed by atoms with Gasteiger partial charge in [0.05, 0.1) is 4.90 Å². The van der Waals surface area contributed by atoms with Gasteiger partial charge in [-0.25, -0.2) is 13.2 Å². The van der Waals surface area contributed by atoms with Crippen LogP contribution in [-0.2, 0) is 30.9 Å². The molecule has 0 aromatic heterocycles. The lowest BCUT2D eigenvalue weighted by atomic mass is 9.89. The zero-order valence-electron chi connectivity index (χ0n) is 22.6. The Balaban J connectivity index is 1.56. The fourth-order valence-corrected chi connectivity index (χ4v) is 5.98. The van der Waals surface area contributed by atoms with Crippen molar-refractivity contribution in [1.29, 1.82) is 0 Å². The lowest BCUT2D eigenvalue weighted by Crippen LogP contribution is -2.51. The van der Waals surface area contributed by atoms with Crippen LogP contribution < -0.4 is 10.5 Å². The molecule has 0 spiro atoms. The van der Waals surface area contributed by atoms with Crippen molar-refractivity contribution in [1.82, 2.24) is 9.62 Å². The Morgan fingerprint density at radius 3 is 2.35 bits per heavy atom. The predicted molar refractivity (Wildman–Crippen MR) is 153 cm³/mol. The number of carbonyl (C=O) groups is 2. The number of benzene rings is 3. The number of hydrogen-bond acceptors (Lipinski definition) is 6. The lowest BCUT2D eigenvalue weighted by Gasteiger charge is -2.34. The van der Waals surface area contributed by atoms with Gasteiger partial charge in [0.2, 0.25) is 15.9 Å². The number of piperidine rings is 1. The second-order valence-electron chi connectivity index (χ2n) is 9.96. The Morgan fingerprint density at radius 2 is 1.70 bits per heavy atom. The number of nitrogens with zero attached hydrogens (tertiary/aromatic N) is 2. The van der Waals surface area contributed by atoms with Crippen LogP contribution in [0.2, 0.25) is 0 Å². The molecule has 1 saturated heterocycles. The zero-order chi connectivity index (χ0) is 28.7. The van der Waals surface area contributed by atoms with Crippen LogP contribution in [0, 0.1) is 6.92 Å². The molecule has 3 aromatic rings. The van der Waals surface area contributed by atoms with E-state index in [9.17, 15) is 18.0 Å². The van der Waals surface area contributed by atoms with Crippen LogP contribution in [0.25, 0.3) is 0 Å². The van der Waals surface area contributed by atoms with Gasteiger partial charge >= 0.3 is 5.97 Å². The number of nitrogens with one attached hydrogen (secondary N) is 1. The molecule has 4 rings (SSSR count). The van der Waals surface area contributed by atoms with Crippen molar-refractivity contribution in [3.05, 3.63) is 101 Å². The molecular formula is C30H34N4O5S. The average molecular weight is 563 g/mol. The Bertz CT molecular complexity index is 1470. The highest BCUT2D eigenvalue weighted by molar-refractivity contribution is 7.89. The maximum absolute atomic E-state index is 13.8. The summed E-state index contributed by atoms with van der Waals surface area (Å²) in [5, 5.41) is 3.62. The highest BCUT2D eigenvalue weighted by atomic mass is 32.2. The van der Waals surface area contributed by atoms with Crippen molar-refractivity contribution in [3.63, 3.8) is 0 Å². The summed E-state index contributed by atoms with van der Waals surface area (Å²) >= 11 is 0. The molecule has 0 saturated carbocycles. The summed E-state index contributed by atoms with van der Waals surface area (Å²) < 4.78 is 29.3. The van der Waals surface area contributed by atoms with E-state index in [4.69, 9.17) is 5.73 Å². The smallest absolute Gasteiger partial charge is 0.332 e. The van der Waals surface area contributed by atoms with E-state index in [2.05, 4.69) is 26.8 Å². The molecule has 0 unspecified atom stereocenters. The fraction of sp³-hybridized carbons (Fsp3) is 0.300. The molecular weight excluding hydrogens is 528 g/mol. The summed E-state index contributed by atoms with van der Waals surface area (Å²) in [4.78, 5) is 31.4. The van der Waals surface area contributed by atoms with E-state index in [1.54, 1.807) is 41.3 Å². The van der Waals surface area contributed by atoms with Crippen molar-refractivity contribution in [3.8, 4) is 0 Å². The summed E-state index contributed by atoms with van der Waals surface area (Å²) in [6, 6.07) is 22.6. The highest BCUT2D eigenvalue weighted by Gasteiger charge is 2.32. The summed E-state index contributed by atoms with van der Waals surface area (Å²) in [6.07, 6.45) is 1.69. The summed E-state index contributed by atoms with van der Waals surface area (Å²) in [7, 11) is -3.98. The van der Waals surface area contributed by atoms with Gasteiger partial charge in [-0.15, -0.1) is 0 Å². The SMILES string of the molecule is CC(=O)ON=C(N)c1cccc(C[C@H](NS(=O)(=O)c2ccc(C)cc2)C(=O)N2CCC(c3ccccc3)CC2)c1. The van der Waals surface area contributed by atoms with Crippen LogP contribution in [-0.4, -0.2) is 50.2 Å². The van der Waals surface area contributed by atoms with Gasteiger partial charge in [-0.05, 0) is 61.4 Å². The van der Waals surface area contributed by atoms with E-state index in [-0.39, 0.29) is 23.1 Å². The van der Waals surface area contributed by atoms with Gasteiger partial charge in [-0.2, -0.15) is 4.72 Å². The van der Waals surface area contributed by atoms with Crippen molar-refractivity contribution < 1.29 is 22.8 Å². The van der Waals surface area contributed by atoms with E-state index >= 15 is 0 Å².